The van der Waals surface area contributed by atoms with E-state index in [0.29, 0.717) is 23.7 Å². The number of halogens is 1. The number of carboxylic acids is 2. The lowest BCUT2D eigenvalue weighted by atomic mass is 9.91. The first-order valence-corrected chi connectivity index (χ1v) is 10.9. The van der Waals surface area contributed by atoms with Gasteiger partial charge in [0.25, 0.3) is 0 Å². The maximum atomic E-state index is 9.10. The SMILES string of the molecule is CCCCCN1CC[C@H](CCOc2cc(Cl)cc(OC)c2)[C@@H](OC)C1.O=C(O)C(=O)O. The number of nitrogens with zero attached hydrogens (tertiary/aromatic N) is 1. The van der Waals surface area contributed by atoms with Crippen molar-refractivity contribution in [2.45, 2.75) is 45.1 Å². The Labute approximate surface area is 189 Å². The molecule has 0 unspecified atom stereocenters. The minimum atomic E-state index is -1.82. The second-order valence-electron chi connectivity index (χ2n) is 7.40. The third-order valence-electron chi connectivity index (χ3n) is 5.18. The molecule has 1 aliphatic heterocycles. The fourth-order valence-electron chi connectivity index (χ4n) is 3.48. The second kappa shape index (κ2) is 14.9. The number of benzene rings is 1. The number of carbonyl (C=O) groups is 2. The van der Waals surface area contributed by atoms with Crippen LogP contribution in [0.4, 0.5) is 0 Å². The molecule has 0 bridgehead atoms. The molecule has 31 heavy (non-hydrogen) atoms. The zero-order valence-electron chi connectivity index (χ0n) is 18.5. The summed E-state index contributed by atoms with van der Waals surface area (Å²) in [6, 6.07) is 5.48. The average molecular weight is 460 g/mol. The number of aliphatic carboxylic acids is 2. The molecule has 0 aliphatic carbocycles. The minimum Gasteiger partial charge on any atom is -0.497 e. The van der Waals surface area contributed by atoms with Gasteiger partial charge in [-0.1, -0.05) is 31.4 Å². The fraction of sp³-hybridized carbons (Fsp3) is 0.636. The van der Waals surface area contributed by atoms with E-state index in [0.717, 1.165) is 24.5 Å². The highest BCUT2D eigenvalue weighted by Gasteiger charge is 2.28. The van der Waals surface area contributed by atoms with Crippen molar-refractivity contribution in [2.24, 2.45) is 5.92 Å². The van der Waals surface area contributed by atoms with Gasteiger partial charge >= 0.3 is 11.9 Å². The predicted octanol–water partition coefficient (Wildman–Crippen LogP) is 3.80. The third-order valence-corrected chi connectivity index (χ3v) is 5.40. The van der Waals surface area contributed by atoms with Crippen molar-refractivity contribution in [3.05, 3.63) is 23.2 Å². The number of unbranched alkanes of at least 4 members (excludes halogenated alkanes) is 2. The van der Waals surface area contributed by atoms with Gasteiger partial charge in [-0.2, -0.15) is 0 Å². The van der Waals surface area contributed by atoms with Gasteiger partial charge in [-0.25, -0.2) is 9.59 Å². The lowest BCUT2D eigenvalue weighted by molar-refractivity contribution is -0.159. The molecule has 0 aromatic heterocycles. The molecule has 1 aliphatic rings. The van der Waals surface area contributed by atoms with Gasteiger partial charge in [0.2, 0.25) is 0 Å². The van der Waals surface area contributed by atoms with Crippen LogP contribution in [0.25, 0.3) is 0 Å². The van der Waals surface area contributed by atoms with E-state index in [2.05, 4.69) is 11.8 Å². The van der Waals surface area contributed by atoms with Crippen LogP contribution in [0.3, 0.4) is 0 Å². The Morgan fingerprint density at radius 3 is 2.39 bits per heavy atom. The molecule has 0 radical (unpaired) electrons. The molecule has 1 saturated heterocycles. The van der Waals surface area contributed by atoms with Crippen molar-refractivity contribution in [2.75, 3.05) is 40.5 Å². The van der Waals surface area contributed by atoms with Gasteiger partial charge in [-0.3, -0.25) is 0 Å². The van der Waals surface area contributed by atoms with Crippen LogP contribution in [0.2, 0.25) is 5.02 Å². The van der Waals surface area contributed by atoms with Crippen LogP contribution in [-0.4, -0.2) is 73.6 Å². The summed E-state index contributed by atoms with van der Waals surface area (Å²) in [6.45, 7) is 6.32. The zero-order valence-corrected chi connectivity index (χ0v) is 19.3. The molecule has 1 fully saturated rings. The summed E-state index contributed by atoms with van der Waals surface area (Å²) in [5.74, 6) is -1.62. The summed E-state index contributed by atoms with van der Waals surface area (Å²) in [7, 11) is 3.46. The molecule has 0 spiro atoms. The Morgan fingerprint density at radius 2 is 1.81 bits per heavy atom. The van der Waals surface area contributed by atoms with Crippen LogP contribution in [0.15, 0.2) is 18.2 Å². The quantitative estimate of drug-likeness (QED) is 0.402. The lowest BCUT2D eigenvalue weighted by Crippen LogP contribution is -2.45. The summed E-state index contributed by atoms with van der Waals surface area (Å²) in [6.07, 6.45) is 6.35. The van der Waals surface area contributed by atoms with Crippen LogP contribution in [0.1, 0.15) is 39.0 Å². The van der Waals surface area contributed by atoms with Crippen molar-refractivity contribution in [1.29, 1.82) is 0 Å². The largest absolute Gasteiger partial charge is 0.497 e. The van der Waals surface area contributed by atoms with Crippen LogP contribution < -0.4 is 9.47 Å². The minimum absolute atomic E-state index is 0.299. The Bertz CT molecular complexity index is 674. The molecule has 2 rings (SSSR count). The molecule has 1 aromatic rings. The third kappa shape index (κ3) is 10.7. The van der Waals surface area contributed by atoms with E-state index in [9.17, 15) is 0 Å². The zero-order chi connectivity index (χ0) is 23.2. The maximum Gasteiger partial charge on any atom is 0.414 e. The van der Waals surface area contributed by atoms with Crippen LogP contribution >= 0.6 is 11.6 Å². The summed E-state index contributed by atoms with van der Waals surface area (Å²) < 4.78 is 16.9. The van der Waals surface area contributed by atoms with E-state index in [1.165, 1.54) is 38.8 Å². The molecule has 2 atom stereocenters. The van der Waals surface area contributed by atoms with Gasteiger partial charge < -0.3 is 29.3 Å². The number of rotatable bonds is 10. The Hall–Kier alpha value is -2.03. The molecule has 8 nitrogen and oxygen atoms in total. The van der Waals surface area contributed by atoms with Crippen molar-refractivity contribution in [1.82, 2.24) is 4.90 Å². The number of ether oxygens (including phenoxy) is 3. The molecule has 2 N–H and O–H groups in total. The fourth-order valence-corrected chi connectivity index (χ4v) is 3.70. The average Bonchev–Trinajstić information content (AvgIpc) is 2.74. The van der Waals surface area contributed by atoms with Crippen molar-refractivity contribution >= 4 is 23.5 Å². The highest BCUT2D eigenvalue weighted by Crippen LogP contribution is 2.27. The van der Waals surface area contributed by atoms with Gasteiger partial charge in [-0.15, -0.1) is 0 Å². The van der Waals surface area contributed by atoms with Crippen LogP contribution in [0.5, 0.6) is 11.5 Å². The van der Waals surface area contributed by atoms with E-state index in [1.54, 1.807) is 13.2 Å². The summed E-state index contributed by atoms with van der Waals surface area (Å²) in [5.41, 5.74) is 0. The Balaban J connectivity index is 0.000000703. The molecule has 9 heteroatoms. The lowest BCUT2D eigenvalue weighted by Gasteiger charge is -2.37. The summed E-state index contributed by atoms with van der Waals surface area (Å²) >= 11 is 6.08. The number of piperidine rings is 1. The van der Waals surface area contributed by atoms with Gasteiger partial charge in [0, 0.05) is 24.7 Å². The standard InChI is InChI=1S/C20H32ClNO3.C2H2O4/c1-4-5-6-9-22-10-7-16(20(15-22)24-3)8-11-25-19-13-17(21)12-18(14-19)23-2;3-1(4)2(5)6/h12-14,16,20H,4-11,15H2,1-3H3;(H,3,4)(H,5,6)/t16-,20+;/m1./s1. The van der Waals surface area contributed by atoms with Crippen LogP contribution in [0, 0.1) is 5.92 Å². The Kier molecular flexibility index (Phi) is 13.0. The molecular formula is C22H34ClNO7. The number of hydrogen-bond donors (Lipinski definition) is 2. The molecule has 0 saturated carbocycles. The molecule has 176 valence electrons. The molecule has 0 amide bonds. The Morgan fingerprint density at radius 1 is 1.13 bits per heavy atom. The van der Waals surface area contributed by atoms with Gasteiger partial charge in [-0.05, 0) is 50.4 Å². The van der Waals surface area contributed by atoms with E-state index < -0.39 is 11.9 Å². The van der Waals surface area contributed by atoms with Crippen LogP contribution in [-0.2, 0) is 14.3 Å². The first-order chi connectivity index (χ1) is 14.8. The smallest absolute Gasteiger partial charge is 0.414 e. The molecular weight excluding hydrogens is 426 g/mol. The highest BCUT2D eigenvalue weighted by atomic mass is 35.5. The first kappa shape index (κ1) is 27.0. The first-order valence-electron chi connectivity index (χ1n) is 10.5. The van der Waals surface area contributed by atoms with E-state index in [1.807, 2.05) is 19.2 Å². The van der Waals surface area contributed by atoms with Gasteiger partial charge in [0.15, 0.2) is 0 Å². The number of methoxy groups -OCH3 is 2. The van der Waals surface area contributed by atoms with E-state index >= 15 is 0 Å². The van der Waals surface area contributed by atoms with Crippen molar-refractivity contribution < 1.29 is 34.0 Å². The van der Waals surface area contributed by atoms with Gasteiger partial charge in [0.05, 0.1) is 19.8 Å². The number of hydrogen-bond acceptors (Lipinski definition) is 6. The second-order valence-corrected chi connectivity index (χ2v) is 7.84. The highest BCUT2D eigenvalue weighted by molar-refractivity contribution is 6.30. The van der Waals surface area contributed by atoms with E-state index in [-0.39, 0.29) is 0 Å². The number of likely N-dealkylation sites (tertiary alicyclic amines) is 1. The van der Waals surface area contributed by atoms with E-state index in [4.69, 9.17) is 45.6 Å². The molecule has 1 aromatic carbocycles. The van der Waals surface area contributed by atoms with Gasteiger partial charge in [0.1, 0.15) is 11.5 Å². The van der Waals surface area contributed by atoms with Crippen molar-refractivity contribution in [3.63, 3.8) is 0 Å². The maximum absolute atomic E-state index is 9.10. The topological polar surface area (TPSA) is 106 Å². The summed E-state index contributed by atoms with van der Waals surface area (Å²) in [4.78, 5) is 20.7. The molecule has 1 heterocycles. The van der Waals surface area contributed by atoms with Crippen molar-refractivity contribution in [3.8, 4) is 11.5 Å². The monoisotopic (exact) mass is 459 g/mol. The normalized spacial score (nSPS) is 18.6. The summed E-state index contributed by atoms with van der Waals surface area (Å²) in [5, 5.41) is 15.4. The number of carboxylic acid groups (broad SMARTS) is 2. The predicted molar refractivity (Wildman–Crippen MR) is 118 cm³/mol.